The molecule has 1 aliphatic heterocycles. The molecule has 1 aliphatic rings. The summed E-state index contributed by atoms with van der Waals surface area (Å²) in [6, 6.07) is 14.0. The number of fused-ring (bicyclic) bond motifs is 2. The first-order valence-corrected chi connectivity index (χ1v) is 9.99. The van der Waals surface area contributed by atoms with E-state index in [1.54, 1.807) is 22.7 Å². The third kappa shape index (κ3) is 2.53. The minimum Gasteiger partial charge on any atom is -0.329 e. The van der Waals surface area contributed by atoms with Crippen LogP contribution in [-0.4, -0.2) is 27.3 Å². The molecule has 0 aliphatic carbocycles. The van der Waals surface area contributed by atoms with Gasteiger partial charge >= 0.3 is 0 Å². The molecular weight excluding hydrogens is 350 g/mol. The lowest BCUT2D eigenvalue weighted by atomic mass is 10.1. The van der Waals surface area contributed by atoms with Gasteiger partial charge in [0.25, 0.3) is 5.91 Å². The van der Waals surface area contributed by atoms with Gasteiger partial charge in [-0.25, -0.2) is 9.97 Å². The lowest BCUT2D eigenvalue weighted by molar-refractivity contribution is 0.0736. The second-order valence-corrected chi connectivity index (χ2v) is 8.16. The fourth-order valence-electron chi connectivity index (χ4n) is 3.45. The summed E-state index contributed by atoms with van der Waals surface area (Å²) < 4.78 is 2.24. The van der Waals surface area contributed by atoms with Crippen LogP contribution in [0.5, 0.6) is 0 Å². The zero-order valence-electron chi connectivity index (χ0n) is 13.4. The van der Waals surface area contributed by atoms with Crippen LogP contribution in [0.2, 0.25) is 0 Å². The summed E-state index contributed by atoms with van der Waals surface area (Å²) in [6.07, 6.45) is 2.00. The molecular formula is C19H15N3OS2. The fourth-order valence-corrected chi connectivity index (χ4v) is 5.28. The summed E-state index contributed by atoms with van der Waals surface area (Å²) in [5.41, 5.74) is 4.53. The van der Waals surface area contributed by atoms with Crippen LogP contribution in [0, 0.1) is 0 Å². The zero-order valence-corrected chi connectivity index (χ0v) is 15.0. The number of likely N-dealkylation sites (tertiary alicyclic amines) is 1. The highest BCUT2D eigenvalue weighted by atomic mass is 32.1. The van der Waals surface area contributed by atoms with Crippen LogP contribution in [0.4, 0.5) is 0 Å². The third-order valence-corrected chi connectivity index (χ3v) is 6.62. The Bertz CT molecular complexity index is 1050. The van der Waals surface area contributed by atoms with E-state index < -0.39 is 0 Å². The second kappa shape index (κ2) is 5.89. The third-order valence-electron chi connectivity index (χ3n) is 4.69. The number of benzene rings is 2. The van der Waals surface area contributed by atoms with Crippen LogP contribution in [0.25, 0.3) is 20.4 Å². The molecule has 1 saturated heterocycles. The Morgan fingerprint density at radius 1 is 1.12 bits per heavy atom. The van der Waals surface area contributed by atoms with Crippen molar-refractivity contribution < 1.29 is 4.79 Å². The molecule has 0 N–H and O–H groups in total. The van der Waals surface area contributed by atoms with Crippen LogP contribution in [-0.2, 0) is 0 Å². The number of nitrogens with zero attached hydrogens (tertiary/aromatic N) is 3. The quantitative estimate of drug-likeness (QED) is 0.508. The number of amides is 1. The Hall–Kier alpha value is -2.31. The fraction of sp³-hybridized carbons (Fsp3) is 0.211. The van der Waals surface area contributed by atoms with Gasteiger partial charge in [-0.05, 0) is 43.2 Å². The normalized spacial score (nSPS) is 17.6. The number of carbonyl (C=O) groups excluding carboxylic acids is 1. The van der Waals surface area contributed by atoms with E-state index in [-0.39, 0.29) is 11.9 Å². The predicted octanol–water partition coefficient (Wildman–Crippen LogP) is 4.88. The number of hydrogen-bond acceptors (Lipinski definition) is 5. The number of hydrogen-bond donors (Lipinski definition) is 0. The maximum absolute atomic E-state index is 13.1. The SMILES string of the molecule is O=C(c1ccc2ncsc2c1)N1CCCC1c1nc2ccccc2s1. The highest BCUT2D eigenvalue weighted by Crippen LogP contribution is 2.37. The van der Waals surface area contributed by atoms with E-state index in [0.29, 0.717) is 0 Å². The Labute approximate surface area is 152 Å². The van der Waals surface area contributed by atoms with E-state index in [0.717, 1.165) is 45.7 Å². The second-order valence-electron chi connectivity index (χ2n) is 6.21. The maximum Gasteiger partial charge on any atom is 0.254 e. The molecule has 5 rings (SSSR count). The molecule has 25 heavy (non-hydrogen) atoms. The summed E-state index contributed by atoms with van der Waals surface area (Å²) >= 11 is 3.27. The lowest BCUT2D eigenvalue weighted by Crippen LogP contribution is -2.30. The summed E-state index contributed by atoms with van der Waals surface area (Å²) in [7, 11) is 0. The van der Waals surface area contributed by atoms with Crippen molar-refractivity contribution in [2.24, 2.45) is 0 Å². The van der Waals surface area contributed by atoms with Crippen LogP contribution in [0.1, 0.15) is 34.2 Å². The largest absolute Gasteiger partial charge is 0.329 e. The summed E-state index contributed by atoms with van der Waals surface area (Å²) in [5, 5.41) is 1.05. The van der Waals surface area contributed by atoms with E-state index in [4.69, 9.17) is 4.98 Å². The Morgan fingerprint density at radius 3 is 2.96 bits per heavy atom. The van der Waals surface area contributed by atoms with Gasteiger partial charge in [0.15, 0.2) is 0 Å². The van der Waals surface area contributed by atoms with Crippen LogP contribution in [0.15, 0.2) is 48.0 Å². The molecule has 0 radical (unpaired) electrons. The Balaban J connectivity index is 1.50. The molecule has 1 amide bonds. The highest BCUT2D eigenvalue weighted by molar-refractivity contribution is 7.18. The number of aromatic nitrogens is 2. The van der Waals surface area contributed by atoms with Crippen molar-refractivity contribution in [3.8, 4) is 0 Å². The van der Waals surface area contributed by atoms with Crippen molar-refractivity contribution in [2.75, 3.05) is 6.54 Å². The first-order chi connectivity index (χ1) is 12.3. The Kier molecular flexibility index (Phi) is 3.53. The van der Waals surface area contributed by atoms with Gasteiger partial charge in [-0.15, -0.1) is 22.7 Å². The van der Waals surface area contributed by atoms with Crippen molar-refractivity contribution in [1.29, 1.82) is 0 Å². The molecule has 124 valence electrons. The monoisotopic (exact) mass is 365 g/mol. The van der Waals surface area contributed by atoms with Gasteiger partial charge in [0.2, 0.25) is 0 Å². The van der Waals surface area contributed by atoms with Gasteiger partial charge in [-0.1, -0.05) is 12.1 Å². The van der Waals surface area contributed by atoms with Gasteiger partial charge in [0.1, 0.15) is 5.01 Å². The van der Waals surface area contributed by atoms with Gasteiger partial charge in [0.05, 0.1) is 32.0 Å². The molecule has 4 aromatic rings. The van der Waals surface area contributed by atoms with Gasteiger partial charge in [0, 0.05) is 12.1 Å². The molecule has 0 saturated carbocycles. The van der Waals surface area contributed by atoms with Crippen molar-refractivity contribution in [2.45, 2.75) is 18.9 Å². The maximum atomic E-state index is 13.1. The van der Waals surface area contributed by atoms with E-state index in [1.165, 1.54) is 4.70 Å². The summed E-state index contributed by atoms with van der Waals surface area (Å²) in [5.74, 6) is 0.0945. The molecule has 6 heteroatoms. The zero-order chi connectivity index (χ0) is 16.8. The lowest BCUT2D eigenvalue weighted by Gasteiger charge is -2.23. The van der Waals surface area contributed by atoms with Gasteiger partial charge in [-0.2, -0.15) is 0 Å². The summed E-state index contributed by atoms with van der Waals surface area (Å²) in [4.78, 5) is 24.2. The Morgan fingerprint density at radius 2 is 2.04 bits per heavy atom. The van der Waals surface area contributed by atoms with E-state index in [1.807, 2.05) is 46.8 Å². The van der Waals surface area contributed by atoms with Crippen molar-refractivity contribution in [3.05, 3.63) is 58.5 Å². The van der Waals surface area contributed by atoms with Crippen molar-refractivity contribution >= 4 is 49.0 Å². The van der Waals surface area contributed by atoms with E-state index in [9.17, 15) is 4.79 Å². The van der Waals surface area contributed by atoms with Crippen molar-refractivity contribution in [1.82, 2.24) is 14.9 Å². The molecule has 1 fully saturated rings. The van der Waals surface area contributed by atoms with Gasteiger partial charge in [-0.3, -0.25) is 4.79 Å². The number of para-hydroxylation sites is 1. The number of carbonyl (C=O) groups is 1. The van der Waals surface area contributed by atoms with Crippen LogP contribution >= 0.6 is 22.7 Å². The average molecular weight is 365 g/mol. The average Bonchev–Trinajstić information content (AvgIpc) is 3.37. The smallest absolute Gasteiger partial charge is 0.254 e. The number of rotatable bonds is 2. The molecule has 4 nitrogen and oxygen atoms in total. The highest BCUT2D eigenvalue weighted by Gasteiger charge is 2.32. The minimum atomic E-state index is 0.0852. The van der Waals surface area contributed by atoms with Crippen LogP contribution < -0.4 is 0 Å². The summed E-state index contributed by atoms with van der Waals surface area (Å²) in [6.45, 7) is 0.792. The molecule has 2 aromatic heterocycles. The standard InChI is InChI=1S/C19H15N3OS2/c23-19(12-7-8-13-17(10-12)24-11-20-13)22-9-3-5-15(22)18-21-14-4-1-2-6-16(14)25-18/h1-2,4,6-8,10-11,15H,3,5,9H2. The van der Waals surface area contributed by atoms with Crippen molar-refractivity contribution in [3.63, 3.8) is 0 Å². The first kappa shape index (κ1) is 15.0. The molecule has 3 heterocycles. The minimum absolute atomic E-state index is 0.0852. The first-order valence-electron chi connectivity index (χ1n) is 8.29. The van der Waals surface area contributed by atoms with Crippen LogP contribution in [0.3, 0.4) is 0 Å². The molecule has 1 atom stereocenters. The predicted molar refractivity (Wildman–Crippen MR) is 102 cm³/mol. The topological polar surface area (TPSA) is 46.1 Å². The van der Waals surface area contributed by atoms with Gasteiger partial charge < -0.3 is 4.90 Å². The molecule has 2 aromatic carbocycles. The van der Waals surface area contributed by atoms with E-state index in [2.05, 4.69) is 11.1 Å². The van der Waals surface area contributed by atoms with E-state index >= 15 is 0 Å². The molecule has 0 bridgehead atoms. The number of thiazole rings is 2. The molecule has 1 unspecified atom stereocenters. The molecule has 0 spiro atoms.